The first kappa shape index (κ1) is 26.3. The van der Waals surface area contributed by atoms with Gasteiger partial charge in [-0.1, -0.05) is 53.7 Å². The molecule has 1 aromatic heterocycles. The van der Waals surface area contributed by atoms with E-state index in [1.807, 2.05) is 61.9 Å². The molecule has 1 atom stereocenters. The van der Waals surface area contributed by atoms with Crippen LogP contribution in [0.3, 0.4) is 0 Å². The Morgan fingerprint density at radius 2 is 2.00 bits per heavy atom. The third-order valence-corrected chi connectivity index (χ3v) is 7.63. The van der Waals surface area contributed by atoms with Gasteiger partial charge in [0.2, 0.25) is 11.1 Å². The number of allylic oxidation sites excluding steroid dienone is 1. The van der Waals surface area contributed by atoms with Crippen LogP contribution in [0.1, 0.15) is 56.3 Å². The predicted molar refractivity (Wildman–Crippen MR) is 150 cm³/mol. The molecule has 2 aromatic carbocycles. The fourth-order valence-corrected chi connectivity index (χ4v) is 5.18. The standard InChI is InChI=1S/C27H32BrN5O2S/c1-6-13-35-22-12-11-19(28)15-20(22)24-23(25(34)30-21-10-8-9-16(3)17(21)4)18(5)29-26-31-27(32-33(24)26)36-14-7-2/h8-12,15,24H,6-7,13-14H2,1-5H3,(H,30,34)(H,29,31,32). The minimum absolute atomic E-state index is 0.191. The third-order valence-electron chi connectivity index (χ3n) is 6.09. The maximum absolute atomic E-state index is 13.9. The van der Waals surface area contributed by atoms with E-state index in [1.54, 1.807) is 11.8 Å². The molecule has 1 aliphatic rings. The second-order valence-corrected chi connectivity index (χ2v) is 10.8. The normalized spacial score (nSPS) is 14.9. The Kier molecular flexibility index (Phi) is 8.41. The lowest BCUT2D eigenvalue weighted by molar-refractivity contribution is -0.113. The van der Waals surface area contributed by atoms with Gasteiger partial charge in [0.1, 0.15) is 11.8 Å². The van der Waals surface area contributed by atoms with Crippen molar-refractivity contribution in [1.29, 1.82) is 0 Å². The highest BCUT2D eigenvalue weighted by molar-refractivity contribution is 9.10. The second kappa shape index (κ2) is 11.5. The average Bonchev–Trinajstić information content (AvgIpc) is 3.26. The number of aromatic nitrogens is 3. The van der Waals surface area contributed by atoms with Crippen molar-refractivity contribution in [3.05, 3.63) is 68.8 Å². The number of fused-ring (bicyclic) bond motifs is 1. The van der Waals surface area contributed by atoms with Crippen molar-refractivity contribution in [1.82, 2.24) is 14.8 Å². The molecule has 0 saturated heterocycles. The van der Waals surface area contributed by atoms with E-state index >= 15 is 0 Å². The molecule has 2 heterocycles. The number of thioether (sulfide) groups is 1. The van der Waals surface area contributed by atoms with E-state index in [2.05, 4.69) is 40.4 Å². The van der Waals surface area contributed by atoms with E-state index in [0.29, 0.717) is 23.3 Å². The van der Waals surface area contributed by atoms with Gasteiger partial charge in [-0.2, -0.15) is 4.98 Å². The van der Waals surface area contributed by atoms with Crippen LogP contribution < -0.4 is 15.4 Å². The second-order valence-electron chi connectivity index (χ2n) is 8.81. The van der Waals surface area contributed by atoms with Crippen molar-refractivity contribution in [2.24, 2.45) is 0 Å². The summed E-state index contributed by atoms with van der Waals surface area (Å²) in [5, 5.41) is 12.0. The van der Waals surface area contributed by atoms with E-state index < -0.39 is 6.04 Å². The van der Waals surface area contributed by atoms with E-state index in [9.17, 15) is 4.79 Å². The van der Waals surface area contributed by atoms with Gasteiger partial charge in [-0.25, -0.2) is 4.68 Å². The Bertz CT molecular complexity index is 1300. The zero-order valence-electron chi connectivity index (χ0n) is 21.3. The number of anilines is 2. The summed E-state index contributed by atoms with van der Waals surface area (Å²) in [5.41, 5.74) is 5.10. The highest BCUT2D eigenvalue weighted by atomic mass is 79.9. The number of halogens is 1. The predicted octanol–water partition coefficient (Wildman–Crippen LogP) is 6.88. The lowest BCUT2D eigenvalue weighted by Crippen LogP contribution is -2.32. The van der Waals surface area contributed by atoms with Gasteiger partial charge in [0.05, 0.1) is 12.2 Å². The van der Waals surface area contributed by atoms with E-state index in [0.717, 1.165) is 56.9 Å². The van der Waals surface area contributed by atoms with E-state index in [1.165, 1.54) is 0 Å². The van der Waals surface area contributed by atoms with Crippen molar-refractivity contribution in [2.45, 2.75) is 58.7 Å². The lowest BCUT2D eigenvalue weighted by atomic mass is 9.94. The zero-order valence-corrected chi connectivity index (χ0v) is 23.7. The first-order chi connectivity index (χ1) is 17.3. The minimum Gasteiger partial charge on any atom is -0.493 e. The van der Waals surface area contributed by atoms with Gasteiger partial charge in [-0.15, -0.1) is 5.10 Å². The number of hydrogen-bond acceptors (Lipinski definition) is 6. The van der Waals surface area contributed by atoms with Crippen LogP contribution in [-0.2, 0) is 4.79 Å². The Labute approximate surface area is 225 Å². The summed E-state index contributed by atoms with van der Waals surface area (Å²) in [6.07, 6.45) is 1.90. The molecule has 36 heavy (non-hydrogen) atoms. The molecule has 9 heteroatoms. The molecule has 1 unspecified atom stereocenters. The number of amides is 1. The maximum Gasteiger partial charge on any atom is 0.255 e. The summed E-state index contributed by atoms with van der Waals surface area (Å²) >= 11 is 5.22. The Balaban J connectivity index is 1.83. The van der Waals surface area contributed by atoms with Crippen molar-refractivity contribution < 1.29 is 9.53 Å². The largest absolute Gasteiger partial charge is 0.493 e. The number of aryl methyl sites for hydroxylation is 1. The molecule has 2 N–H and O–H groups in total. The Morgan fingerprint density at radius 1 is 1.19 bits per heavy atom. The number of ether oxygens (including phenoxy) is 1. The van der Waals surface area contributed by atoms with Gasteiger partial charge in [-0.3, -0.25) is 4.79 Å². The fraction of sp³-hybridized carbons (Fsp3) is 0.370. The molecule has 1 aliphatic heterocycles. The first-order valence-electron chi connectivity index (χ1n) is 12.2. The summed E-state index contributed by atoms with van der Waals surface area (Å²) in [6, 6.07) is 11.3. The molecule has 0 bridgehead atoms. The number of rotatable bonds is 9. The number of benzene rings is 2. The van der Waals surface area contributed by atoms with Crippen LogP contribution in [-0.4, -0.2) is 33.0 Å². The van der Waals surface area contributed by atoms with Gasteiger partial charge >= 0.3 is 0 Å². The van der Waals surface area contributed by atoms with Gasteiger partial charge in [-0.05, 0) is 69.0 Å². The maximum atomic E-state index is 13.9. The van der Waals surface area contributed by atoms with Crippen molar-refractivity contribution in [2.75, 3.05) is 23.0 Å². The number of nitrogens with one attached hydrogen (secondary N) is 2. The van der Waals surface area contributed by atoms with Crippen LogP contribution in [0.25, 0.3) is 0 Å². The van der Waals surface area contributed by atoms with Crippen molar-refractivity contribution in [3.8, 4) is 5.75 Å². The summed E-state index contributed by atoms with van der Waals surface area (Å²) in [6.45, 7) is 10.7. The lowest BCUT2D eigenvalue weighted by Gasteiger charge is -2.30. The highest BCUT2D eigenvalue weighted by Crippen LogP contribution is 2.41. The van der Waals surface area contributed by atoms with Crippen molar-refractivity contribution in [3.63, 3.8) is 0 Å². The molecule has 0 spiro atoms. The number of carbonyl (C=O) groups excluding carboxylic acids is 1. The summed E-state index contributed by atoms with van der Waals surface area (Å²) < 4.78 is 8.84. The Morgan fingerprint density at radius 3 is 2.75 bits per heavy atom. The zero-order chi connectivity index (χ0) is 25.8. The molecule has 7 nitrogen and oxygen atoms in total. The highest BCUT2D eigenvalue weighted by Gasteiger charge is 2.36. The van der Waals surface area contributed by atoms with Gasteiger partial charge in [0.15, 0.2) is 0 Å². The van der Waals surface area contributed by atoms with Gasteiger partial charge < -0.3 is 15.4 Å². The first-order valence-corrected chi connectivity index (χ1v) is 14.0. The van der Waals surface area contributed by atoms with Gasteiger partial charge in [0.25, 0.3) is 5.91 Å². The van der Waals surface area contributed by atoms with Gasteiger partial charge in [0, 0.05) is 27.2 Å². The quantitative estimate of drug-likeness (QED) is 0.273. The fourth-order valence-electron chi connectivity index (χ4n) is 4.12. The molecule has 190 valence electrons. The molecule has 0 radical (unpaired) electrons. The SMILES string of the molecule is CCCOc1ccc(Br)cc1C1C(C(=O)Nc2cccc(C)c2C)=C(C)Nc2nc(SCCC)nn21. The van der Waals surface area contributed by atoms with E-state index in [-0.39, 0.29) is 5.91 Å². The molecule has 4 rings (SSSR count). The van der Waals surface area contributed by atoms with Crippen LogP contribution in [0.2, 0.25) is 0 Å². The molecule has 1 amide bonds. The molecule has 0 saturated carbocycles. The minimum atomic E-state index is -0.515. The van der Waals surface area contributed by atoms with E-state index in [4.69, 9.17) is 14.8 Å². The van der Waals surface area contributed by atoms with Crippen LogP contribution in [0.4, 0.5) is 11.6 Å². The molecule has 3 aromatic rings. The monoisotopic (exact) mass is 569 g/mol. The molecule has 0 fully saturated rings. The third kappa shape index (κ3) is 5.47. The smallest absolute Gasteiger partial charge is 0.255 e. The number of carbonyl (C=O) groups is 1. The number of nitrogens with zero attached hydrogens (tertiary/aromatic N) is 3. The van der Waals surface area contributed by atoms with Crippen LogP contribution in [0.5, 0.6) is 5.75 Å². The number of hydrogen-bond donors (Lipinski definition) is 2. The summed E-state index contributed by atoms with van der Waals surface area (Å²) in [7, 11) is 0. The van der Waals surface area contributed by atoms with Crippen LogP contribution >= 0.6 is 27.7 Å². The molecular weight excluding hydrogens is 538 g/mol. The van der Waals surface area contributed by atoms with Crippen molar-refractivity contribution >= 4 is 45.2 Å². The average molecular weight is 571 g/mol. The summed E-state index contributed by atoms with van der Waals surface area (Å²) in [5.74, 6) is 2.06. The Hall–Kier alpha value is -2.78. The van der Waals surface area contributed by atoms with Crippen LogP contribution in [0, 0.1) is 13.8 Å². The van der Waals surface area contributed by atoms with Crippen LogP contribution in [0.15, 0.2) is 57.3 Å². The molecular formula is C27H32BrN5O2S. The summed E-state index contributed by atoms with van der Waals surface area (Å²) in [4.78, 5) is 18.6. The topological polar surface area (TPSA) is 81.1 Å². The molecule has 0 aliphatic carbocycles.